The van der Waals surface area contributed by atoms with Crippen molar-refractivity contribution in [3.8, 4) is 0 Å². The lowest BCUT2D eigenvalue weighted by Gasteiger charge is -2.17. The van der Waals surface area contributed by atoms with Gasteiger partial charge in [0.05, 0.1) is 0 Å². The molecule has 0 aromatic heterocycles. The highest BCUT2D eigenvalue weighted by Crippen LogP contribution is 2.22. The normalized spacial score (nSPS) is 12.5. The number of unbranched alkanes of at least 4 members (excludes halogenated alkanes) is 1. The number of hydrogen-bond acceptors (Lipinski definition) is 0. The molecular weight excluding hydrogens is 132 g/mol. The standard InChI is InChI=1S/C11H23/c1-10(2)8-6-7-9-11(3,4)5/h6,10H,7-9H2,1-5H3. The molecule has 1 radical (unpaired) electrons. The van der Waals surface area contributed by atoms with Crippen molar-refractivity contribution in [2.75, 3.05) is 0 Å². The molecule has 0 bridgehead atoms. The number of hydrogen-bond donors (Lipinski definition) is 0. The van der Waals surface area contributed by atoms with Crippen molar-refractivity contribution in [2.24, 2.45) is 11.3 Å². The molecule has 11 heavy (non-hydrogen) atoms. The molecule has 0 aromatic carbocycles. The quantitative estimate of drug-likeness (QED) is 0.537. The van der Waals surface area contributed by atoms with Gasteiger partial charge < -0.3 is 0 Å². The van der Waals surface area contributed by atoms with Gasteiger partial charge in [0.1, 0.15) is 0 Å². The molecule has 0 aromatic rings. The van der Waals surface area contributed by atoms with Crippen molar-refractivity contribution in [1.82, 2.24) is 0 Å². The minimum absolute atomic E-state index is 0.507. The molecule has 0 fully saturated rings. The van der Waals surface area contributed by atoms with Crippen LogP contribution in [-0.4, -0.2) is 0 Å². The molecule has 0 aliphatic heterocycles. The molecule has 67 valence electrons. The summed E-state index contributed by atoms with van der Waals surface area (Å²) in [6.45, 7) is 11.4. The zero-order valence-corrected chi connectivity index (χ0v) is 8.78. The van der Waals surface area contributed by atoms with Crippen LogP contribution in [0.15, 0.2) is 0 Å². The molecular formula is C11H23. The minimum atomic E-state index is 0.507. The summed E-state index contributed by atoms with van der Waals surface area (Å²) < 4.78 is 0. The Hall–Kier alpha value is 0. The Bertz CT molecular complexity index is 84.7. The van der Waals surface area contributed by atoms with Gasteiger partial charge in [0.25, 0.3) is 0 Å². The van der Waals surface area contributed by atoms with Crippen LogP contribution in [0, 0.1) is 17.8 Å². The van der Waals surface area contributed by atoms with Gasteiger partial charge in [-0.1, -0.05) is 34.6 Å². The fourth-order valence-corrected chi connectivity index (χ4v) is 0.986. The van der Waals surface area contributed by atoms with Crippen LogP contribution in [0.4, 0.5) is 0 Å². The average molecular weight is 155 g/mol. The highest BCUT2D eigenvalue weighted by Gasteiger charge is 2.08. The summed E-state index contributed by atoms with van der Waals surface area (Å²) in [5, 5.41) is 0. The van der Waals surface area contributed by atoms with E-state index in [0.29, 0.717) is 5.41 Å². The lowest BCUT2D eigenvalue weighted by atomic mass is 9.89. The maximum absolute atomic E-state index is 2.43. The fourth-order valence-electron chi connectivity index (χ4n) is 0.986. The summed E-state index contributed by atoms with van der Waals surface area (Å²) in [6, 6.07) is 0. The Kier molecular flexibility index (Phi) is 4.79. The lowest BCUT2D eigenvalue weighted by molar-refractivity contribution is 0.372. The topological polar surface area (TPSA) is 0 Å². The van der Waals surface area contributed by atoms with Crippen LogP contribution in [0.1, 0.15) is 53.9 Å². The van der Waals surface area contributed by atoms with Gasteiger partial charge in [-0.25, -0.2) is 0 Å². The molecule has 0 amide bonds. The predicted molar refractivity (Wildman–Crippen MR) is 52.4 cm³/mol. The van der Waals surface area contributed by atoms with Crippen LogP contribution >= 0.6 is 0 Å². The smallest absolute Gasteiger partial charge is 0.0383 e. The highest BCUT2D eigenvalue weighted by atomic mass is 14.1. The summed E-state index contributed by atoms with van der Waals surface area (Å²) in [5.41, 5.74) is 0.507. The Labute approximate surface area is 72.4 Å². The zero-order chi connectivity index (χ0) is 8.91. The average Bonchev–Trinajstić information content (AvgIpc) is 1.78. The van der Waals surface area contributed by atoms with Gasteiger partial charge in [0.15, 0.2) is 0 Å². The van der Waals surface area contributed by atoms with Crippen molar-refractivity contribution in [3.63, 3.8) is 0 Å². The van der Waals surface area contributed by atoms with Gasteiger partial charge >= 0.3 is 0 Å². The van der Waals surface area contributed by atoms with Gasteiger partial charge in [-0.3, -0.25) is 0 Å². The van der Waals surface area contributed by atoms with E-state index in [4.69, 9.17) is 0 Å². The summed E-state index contributed by atoms with van der Waals surface area (Å²) in [4.78, 5) is 0. The van der Waals surface area contributed by atoms with Crippen molar-refractivity contribution in [2.45, 2.75) is 53.9 Å². The molecule has 0 aliphatic carbocycles. The molecule has 0 heteroatoms. The van der Waals surface area contributed by atoms with E-state index >= 15 is 0 Å². The molecule has 0 aliphatic rings. The SMILES string of the molecule is CC(C)C[CH]CCC(C)(C)C. The molecule has 0 N–H and O–H groups in total. The van der Waals surface area contributed by atoms with Gasteiger partial charge in [-0.2, -0.15) is 0 Å². The maximum Gasteiger partial charge on any atom is -0.0383 e. The first-order valence-electron chi connectivity index (χ1n) is 4.73. The van der Waals surface area contributed by atoms with Crippen LogP contribution in [-0.2, 0) is 0 Å². The van der Waals surface area contributed by atoms with Gasteiger partial charge in [-0.05, 0) is 37.0 Å². The van der Waals surface area contributed by atoms with E-state index in [-0.39, 0.29) is 0 Å². The largest absolute Gasteiger partial charge is 0.0628 e. The first-order chi connectivity index (χ1) is 4.92. The Morgan fingerprint density at radius 1 is 1.18 bits per heavy atom. The molecule has 0 rings (SSSR count). The van der Waals surface area contributed by atoms with E-state index < -0.39 is 0 Å². The molecule has 0 heterocycles. The van der Waals surface area contributed by atoms with Crippen molar-refractivity contribution in [1.29, 1.82) is 0 Å². The summed E-state index contributed by atoms with van der Waals surface area (Å²) >= 11 is 0. The van der Waals surface area contributed by atoms with E-state index in [9.17, 15) is 0 Å². The molecule has 0 saturated heterocycles. The zero-order valence-electron chi connectivity index (χ0n) is 8.78. The molecule has 0 saturated carbocycles. The van der Waals surface area contributed by atoms with E-state index in [1.54, 1.807) is 0 Å². The van der Waals surface area contributed by atoms with Gasteiger partial charge in [0.2, 0.25) is 0 Å². The monoisotopic (exact) mass is 155 g/mol. The second kappa shape index (κ2) is 4.79. The Balaban J connectivity index is 3.15. The third kappa shape index (κ3) is 10.0. The fraction of sp³-hybridized carbons (Fsp3) is 0.909. The van der Waals surface area contributed by atoms with Crippen LogP contribution in [0.3, 0.4) is 0 Å². The second-order valence-electron chi connectivity index (χ2n) is 5.02. The molecule has 0 nitrogen and oxygen atoms in total. The van der Waals surface area contributed by atoms with E-state index in [0.717, 1.165) is 5.92 Å². The summed E-state index contributed by atoms with van der Waals surface area (Å²) in [7, 11) is 0. The van der Waals surface area contributed by atoms with Gasteiger partial charge in [-0.15, -0.1) is 0 Å². The Morgan fingerprint density at radius 3 is 2.09 bits per heavy atom. The van der Waals surface area contributed by atoms with Crippen LogP contribution in [0.25, 0.3) is 0 Å². The van der Waals surface area contributed by atoms with Crippen LogP contribution < -0.4 is 0 Å². The number of rotatable bonds is 4. The maximum atomic E-state index is 2.43. The third-order valence-corrected chi connectivity index (χ3v) is 1.74. The lowest BCUT2D eigenvalue weighted by Crippen LogP contribution is -2.04. The van der Waals surface area contributed by atoms with Crippen LogP contribution in [0.2, 0.25) is 0 Å². The second-order valence-corrected chi connectivity index (χ2v) is 5.02. The van der Waals surface area contributed by atoms with Crippen molar-refractivity contribution < 1.29 is 0 Å². The Morgan fingerprint density at radius 2 is 1.73 bits per heavy atom. The van der Waals surface area contributed by atoms with E-state index in [1.807, 2.05) is 0 Å². The van der Waals surface area contributed by atoms with Crippen molar-refractivity contribution in [3.05, 3.63) is 6.42 Å². The van der Waals surface area contributed by atoms with Crippen molar-refractivity contribution >= 4 is 0 Å². The highest BCUT2D eigenvalue weighted by molar-refractivity contribution is 4.71. The first kappa shape index (κ1) is 11.0. The predicted octanol–water partition coefficient (Wildman–Crippen LogP) is 4.06. The summed E-state index contributed by atoms with van der Waals surface area (Å²) in [5.74, 6) is 0.829. The molecule has 0 spiro atoms. The first-order valence-corrected chi connectivity index (χ1v) is 4.73. The van der Waals surface area contributed by atoms with E-state index in [1.165, 1.54) is 19.3 Å². The molecule has 0 unspecified atom stereocenters. The molecule has 0 atom stereocenters. The van der Waals surface area contributed by atoms with E-state index in [2.05, 4.69) is 41.0 Å². The summed E-state index contributed by atoms with van der Waals surface area (Å²) in [6.07, 6.45) is 6.30. The third-order valence-electron chi connectivity index (χ3n) is 1.74. The minimum Gasteiger partial charge on any atom is -0.0628 e. The van der Waals surface area contributed by atoms with Crippen LogP contribution in [0.5, 0.6) is 0 Å². The van der Waals surface area contributed by atoms with Gasteiger partial charge in [0, 0.05) is 0 Å².